The lowest BCUT2D eigenvalue weighted by Gasteiger charge is -2.12. The van der Waals surface area contributed by atoms with E-state index < -0.39 is 0 Å². The fraction of sp³-hybridized carbons (Fsp3) is 0.118. The van der Waals surface area contributed by atoms with Gasteiger partial charge in [-0.3, -0.25) is 0 Å². The van der Waals surface area contributed by atoms with Crippen LogP contribution in [0, 0.1) is 12.7 Å². The second-order valence-electron chi connectivity index (χ2n) is 4.84. The summed E-state index contributed by atoms with van der Waals surface area (Å²) in [6.07, 6.45) is 4.27. The van der Waals surface area contributed by atoms with Gasteiger partial charge in [0.1, 0.15) is 5.82 Å². The summed E-state index contributed by atoms with van der Waals surface area (Å²) in [6.45, 7) is 1.96. The van der Waals surface area contributed by atoms with Crippen LogP contribution in [0.25, 0.3) is 5.69 Å². The van der Waals surface area contributed by atoms with Crippen molar-refractivity contribution in [2.75, 3.05) is 0 Å². The van der Waals surface area contributed by atoms with E-state index in [-0.39, 0.29) is 5.82 Å². The average Bonchev–Trinajstić information content (AvgIpc) is 2.88. The molecule has 1 heterocycles. The summed E-state index contributed by atoms with van der Waals surface area (Å²) in [4.78, 5) is 4.12. The highest BCUT2D eigenvalue weighted by atomic mass is 19.1. The molecule has 1 aromatic heterocycles. The first kappa shape index (κ1) is 12.6. The first-order valence-corrected chi connectivity index (χ1v) is 6.56. The fourth-order valence-electron chi connectivity index (χ4n) is 2.34. The first-order valence-electron chi connectivity index (χ1n) is 6.56. The van der Waals surface area contributed by atoms with Crippen molar-refractivity contribution < 1.29 is 4.39 Å². The number of imidazole rings is 1. The Hall–Kier alpha value is -2.42. The molecule has 0 N–H and O–H groups in total. The number of aromatic nitrogens is 2. The zero-order chi connectivity index (χ0) is 13.9. The van der Waals surface area contributed by atoms with Crippen LogP contribution >= 0.6 is 0 Å². The number of hydrogen-bond acceptors (Lipinski definition) is 1. The van der Waals surface area contributed by atoms with E-state index in [4.69, 9.17) is 0 Å². The van der Waals surface area contributed by atoms with Crippen molar-refractivity contribution in [3.8, 4) is 5.69 Å². The van der Waals surface area contributed by atoms with Crippen molar-refractivity contribution in [2.45, 2.75) is 13.3 Å². The van der Waals surface area contributed by atoms with E-state index in [9.17, 15) is 4.39 Å². The zero-order valence-electron chi connectivity index (χ0n) is 11.3. The molecule has 0 aliphatic rings. The molecule has 0 unspecified atom stereocenters. The minimum Gasteiger partial charge on any atom is -0.303 e. The normalized spacial score (nSPS) is 10.7. The SMILES string of the molecule is Cc1cncn1-c1cc(F)ccc1Cc1ccccc1. The van der Waals surface area contributed by atoms with Gasteiger partial charge in [0.2, 0.25) is 0 Å². The van der Waals surface area contributed by atoms with Gasteiger partial charge in [0.25, 0.3) is 0 Å². The van der Waals surface area contributed by atoms with E-state index in [0.717, 1.165) is 23.4 Å². The Labute approximate surface area is 117 Å². The van der Waals surface area contributed by atoms with Gasteiger partial charge in [0, 0.05) is 11.9 Å². The highest BCUT2D eigenvalue weighted by Crippen LogP contribution is 2.21. The molecule has 0 aliphatic heterocycles. The van der Waals surface area contributed by atoms with E-state index in [1.54, 1.807) is 18.6 Å². The van der Waals surface area contributed by atoms with Gasteiger partial charge in [-0.1, -0.05) is 36.4 Å². The Kier molecular flexibility index (Phi) is 3.33. The summed E-state index contributed by atoms with van der Waals surface area (Å²) in [5, 5.41) is 0. The van der Waals surface area contributed by atoms with E-state index >= 15 is 0 Å². The van der Waals surface area contributed by atoms with Crippen molar-refractivity contribution in [3.05, 3.63) is 83.7 Å². The maximum Gasteiger partial charge on any atom is 0.125 e. The predicted octanol–water partition coefficient (Wildman–Crippen LogP) is 3.91. The minimum atomic E-state index is -0.232. The summed E-state index contributed by atoms with van der Waals surface area (Å²) in [7, 11) is 0. The van der Waals surface area contributed by atoms with Gasteiger partial charge in [0.05, 0.1) is 12.0 Å². The maximum absolute atomic E-state index is 13.6. The fourth-order valence-corrected chi connectivity index (χ4v) is 2.34. The Bertz CT molecular complexity index is 717. The van der Waals surface area contributed by atoms with Crippen LogP contribution in [-0.4, -0.2) is 9.55 Å². The molecular weight excluding hydrogens is 251 g/mol. The van der Waals surface area contributed by atoms with Gasteiger partial charge >= 0.3 is 0 Å². The summed E-state index contributed by atoms with van der Waals surface area (Å²) < 4.78 is 15.5. The topological polar surface area (TPSA) is 17.8 Å². The number of hydrogen-bond donors (Lipinski definition) is 0. The number of rotatable bonds is 3. The van der Waals surface area contributed by atoms with Crippen LogP contribution in [0.2, 0.25) is 0 Å². The Morgan fingerprint density at radius 2 is 1.90 bits per heavy atom. The van der Waals surface area contributed by atoms with Crippen LogP contribution in [0.1, 0.15) is 16.8 Å². The van der Waals surface area contributed by atoms with Crippen LogP contribution in [0.15, 0.2) is 61.1 Å². The lowest BCUT2D eigenvalue weighted by molar-refractivity contribution is 0.625. The molecule has 20 heavy (non-hydrogen) atoms. The van der Waals surface area contributed by atoms with E-state index in [1.807, 2.05) is 35.8 Å². The molecule has 0 amide bonds. The minimum absolute atomic E-state index is 0.232. The Balaban J connectivity index is 2.05. The van der Waals surface area contributed by atoms with Crippen LogP contribution in [0.4, 0.5) is 4.39 Å². The van der Waals surface area contributed by atoms with Crippen molar-refractivity contribution >= 4 is 0 Å². The largest absolute Gasteiger partial charge is 0.303 e. The molecule has 0 saturated carbocycles. The molecule has 100 valence electrons. The zero-order valence-corrected chi connectivity index (χ0v) is 11.3. The number of aryl methyl sites for hydroxylation is 1. The van der Waals surface area contributed by atoms with Crippen molar-refractivity contribution in [1.29, 1.82) is 0 Å². The van der Waals surface area contributed by atoms with Gasteiger partial charge < -0.3 is 4.57 Å². The van der Waals surface area contributed by atoms with Crippen molar-refractivity contribution in [3.63, 3.8) is 0 Å². The highest BCUT2D eigenvalue weighted by Gasteiger charge is 2.09. The predicted molar refractivity (Wildman–Crippen MR) is 77.5 cm³/mol. The summed E-state index contributed by atoms with van der Waals surface area (Å²) in [6, 6.07) is 15.1. The molecular formula is C17H15FN2. The van der Waals surface area contributed by atoms with Crippen LogP contribution in [0.5, 0.6) is 0 Å². The molecule has 0 radical (unpaired) electrons. The van der Waals surface area contributed by atoms with Gasteiger partial charge in [0.15, 0.2) is 0 Å². The lowest BCUT2D eigenvalue weighted by atomic mass is 10.0. The van der Waals surface area contributed by atoms with E-state index in [2.05, 4.69) is 17.1 Å². The quantitative estimate of drug-likeness (QED) is 0.702. The second-order valence-corrected chi connectivity index (χ2v) is 4.84. The van der Waals surface area contributed by atoms with Gasteiger partial charge in [-0.25, -0.2) is 9.37 Å². The van der Waals surface area contributed by atoms with Crippen LogP contribution in [-0.2, 0) is 6.42 Å². The first-order chi connectivity index (χ1) is 9.74. The Morgan fingerprint density at radius 1 is 1.10 bits per heavy atom. The second kappa shape index (κ2) is 5.29. The third kappa shape index (κ3) is 2.48. The lowest BCUT2D eigenvalue weighted by Crippen LogP contribution is -2.02. The van der Waals surface area contributed by atoms with E-state index in [0.29, 0.717) is 0 Å². The molecule has 0 saturated heterocycles. The standard InChI is InChI=1S/C17H15FN2/c1-13-11-19-12-20(13)17-10-16(18)8-7-15(17)9-14-5-3-2-4-6-14/h2-8,10-12H,9H2,1H3. The van der Waals surface area contributed by atoms with Crippen LogP contribution < -0.4 is 0 Å². The number of benzene rings is 2. The molecule has 3 aromatic rings. The summed E-state index contributed by atoms with van der Waals surface area (Å²) >= 11 is 0. The molecule has 0 atom stereocenters. The van der Waals surface area contributed by atoms with Gasteiger partial charge in [-0.15, -0.1) is 0 Å². The number of halogens is 1. The Morgan fingerprint density at radius 3 is 2.60 bits per heavy atom. The molecule has 3 rings (SSSR count). The third-order valence-electron chi connectivity index (χ3n) is 3.37. The van der Waals surface area contributed by atoms with Crippen LogP contribution in [0.3, 0.4) is 0 Å². The summed E-state index contributed by atoms with van der Waals surface area (Å²) in [5.41, 5.74) is 4.13. The molecule has 0 fully saturated rings. The summed E-state index contributed by atoms with van der Waals surface area (Å²) in [5.74, 6) is -0.232. The molecule has 0 bridgehead atoms. The monoisotopic (exact) mass is 266 g/mol. The molecule has 0 aliphatic carbocycles. The molecule has 0 spiro atoms. The smallest absolute Gasteiger partial charge is 0.125 e. The van der Waals surface area contributed by atoms with Gasteiger partial charge in [-0.2, -0.15) is 0 Å². The number of nitrogens with zero attached hydrogens (tertiary/aromatic N) is 2. The molecule has 2 aromatic carbocycles. The van der Waals surface area contributed by atoms with Crippen molar-refractivity contribution in [2.24, 2.45) is 0 Å². The maximum atomic E-state index is 13.6. The van der Waals surface area contributed by atoms with Crippen molar-refractivity contribution in [1.82, 2.24) is 9.55 Å². The average molecular weight is 266 g/mol. The third-order valence-corrected chi connectivity index (χ3v) is 3.37. The highest BCUT2D eigenvalue weighted by molar-refractivity contribution is 5.45. The molecule has 2 nitrogen and oxygen atoms in total. The molecule has 3 heteroatoms. The van der Waals surface area contributed by atoms with Gasteiger partial charge in [-0.05, 0) is 36.6 Å². The van der Waals surface area contributed by atoms with E-state index in [1.165, 1.54) is 11.6 Å².